The Morgan fingerprint density at radius 2 is 1.44 bits per heavy atom. The van der Waals surface area contributed by atoms with Gasteiger partial charge in [-0.25, -0.2) is 0 Å². The molecule has 6 amide bonds. The number of hydrogen-bond donors (Lipinski definition) is 0. The smallest absolute Gasteiger partial charge is 0.261 e. The van der Waals surface area contributed by atoms with Crippen molar-refractivity contribution in [1.29, 1.82) is 0 Å². The molecule has 1 unspecified atom stereocenters. The molecule has 0 fully saturated rings. The van der Waals surface area contributed by atoms with Crippen LogP contribution in [-0.4, -0.2) is 70.3 Å². The number of hydrogen-bond acceptors (Lipinski definition) is 6. The minimum atomic E-state index is -0.524. The van der Waals surface area contributed by atoms with Crippen molar-refractivity contribution in [2.75, 3.05) is 20.1 Å². The highest BCUT2D eigenvalue weighted by Crippen LogP contribution is 2.38. The lowest BCUT2D eigenvalue weighted by Gasteiger charge is -2.25. The Labute approximate surface area is 182 Å². The van der Waals surface area contributed by atoms with Gasteiger partial charge in [-0.15, -0.1) is 0 Å². The summed E-state index contributed by atoms with van der Waals surface area (Å²) >= 11 is 0. The standard InChI is InChI=1S/C23H19N3O6/c1-24-18(27)9-13(19(24)28)11-26-22(31)16-7-6-12(8-17(16)23(26)32)10-25-20(29)14-4-2-3-5-15(14)21(25)30/h2-5,9,12H,6-8,10-11H2,1H3. The highest BCUT2D eigenvalue weighted by molar-refractivity contribution is 6.22. The summed E-state index contributed by atoms with van der Waals surface area (Å²) in [7, 11) is 1.34. The van der Waals surface area contributed by atoms with E-state index >= 15 is 0 Å². The average molecular weight is 433 g/mol. The molecule has 32 heavy (non-hydrogen) atoms. The highest BCUT2D eigenvalue weighted by Gasteiger charge is 2.44. The van der Waals surface area contributed by atoms with Gasteiger partial charge in [0.1, 0.15) is 0 Å². The van der Waals surface area contributed by atoms with Crippen LogP contribution < -0.4 is 0 Å². The first-order chi connectivity index (χ1) is 15.3. The summed E-state index contributed by atoms with van der Waals surface area (Å²) in [6, 6.07) is 6.65. The first kappa shape index (κ1) is 20.0. The van der Waals surface area contributed by atoms with Crippen molar-refractivity contribution < 1.29 is 28.8 Å². The van der Waals surface area contributed by atoms with Crippen molar-refractivity contribution in [3.05, 3.63) is 58.2 Å². The zero-order valence-electron chi connectivity index (χ0n) is 17.3. The predicted molar refractivity (Wildman–Crippen MR) is 109 cm³/mol. The fourth-order valence-corrected chi connectivity index (χ4v) is 4.75. The Balaban J connectivity index is 1.30. The summed E-state index contributed by atoms with van der Waals surface area (Å²) in [5.74, 6) is -2.77. The number of likely N-dealkylation sites (N-methyl/N-ethyl adjacent to an activating group) is 1. The maximum atomic E-state index is 13.0. The molecule has 1 aromatic carbocycles. The van der Waals surface area contributed by atoms with Gasteiger partial charge in [0.25, 0.3) is 35.4 Å². The van der Waals surface area contributed by atoms with E-state index in [0.29, 0.717) is 35.1 Å². The summed E-state index contributed by atoms with van der Waals surface area (Å²) in [5, 5.41) is 0. The molecular formula is C23H19N3O6. The number of rotatable bonds is 4. The third-order valence-electron chi connectivity index (χ3n) is 6.52. The Kier molecular flexibility index (Phi) is 4.44. The van der Waals surface area contributed by atoms with Gasteiger partial charge in [-0.1, -0.05) is 12.1 Å². The van der Waals surface area contributed by atoms with Crippen molar-refractivity contribution in [1.82, 2.24) is 14.7 Å². The van der Waals surface area contributed by atoms with Gasteiger partial charge in [0, 0.05) is 36.4 Å². The fourth-order valence-electron chi connectivity index (χ4n) is 4.75. The van der Waals surface area contributed by atoms with Crippen LogP contribution in [0.4, 0.5) is 0 Å². The second-order valence-electron chi connectivity index (χ2n) is 8.40. The van der Waals surface area contributed by atoms with Gasteiger partial charge >= 0.3 is 0 Å². The Morgan fingerprint density at radius 3 is 2.03 bits per heavy atom. The fraction of sp³-hybridized carbons (Fsp3) is 0.304. The lowest BCUT2D eigenvalue weighted by atomic mass is 9.84. The SMILES string of the molecule is CN1C(=O)C=C(CN2C(=O)C3=C(CC(CN4C(=O)c5ccccc5C4=O)CC3)C2=O)C1=O. The largest absolute Gasteiger partial charge is 0.278 e. The van der Waals surface area contributed by atoms with Crippen molar-refractivity contribution in [2.24, 2.45) is 5.92 Å². The van der Waals surface area contributed by atoms with Crippen molar-refractivity contribution in [3.8, 4) is 0 Å². The molecule has 1 aliphatic carbocycles. The third-order valence-corrected chi connectivity index (χ3v) is 6.52. The third kappa shape index (κ3) is 2.84. The summed E-state index contributed by atoms with van der Waals surface area (Å²) in [4.78, 5) is 78.0. The van der Waals surface area contributed by atoms with Gasteiger partial charge < -0.3 is 0 Å². The van der Waals surface area contributed by atoms with Crippen LogP contribution >= 0.6 is 0 Å². The number of amides is 6. The molecule has 3 heterocycles. The van der Waals surface area contributed by atoms with Crippen molar-refractivity contribution >= 4 is 35.4 Å². The van der Waals surface area contributed by atoms with Crippen LogP contribution in [0.5, 0.6) is 0 Å². The summed E-state index contributed by atoms with van der Waals surface area (Å²) < 4.78 is 0. The Hall–Kier alpha value is -3.88. The van der Waals surface area contributed by atoms with Crippen LogP contribution in [0.1, 0.15) is 40.0 Å². The van der Waals surface area contributed by atoms with Gasteiger partial charge in [-0.05, 0) is 37.3 Å². The molecule has 9 heteroatoms. The van der Waals surface area contributed by atoms with E-state index in [4.69, 9.17) is 0 Å². The van der Waals surface area contributed by atoms with Gasteiger partial charge in [0.2, 0.25) is 0 Å². The van der Waals surface area contributed by atoms with Gasteiger partial charge in [-0.3, -0.25) is 43.5 Å². The molecule has 1 atom stereocenters. The number of carbonyl (C=O) groups excluding carboxylic acids is 6. The molecule has 0 N–H and O–H groups in total. The van der Waals surface area contributed by atoms with E-state index in [2.05, 4.69) is 0 Å². The van der Waals surface area contributed by atoms with E-state index in [9.17, 15) is 28.8 Å². The van der Waals surface area contributed by atoms with E-state index in [1.165, 1.54) is 11.9 Å². The first-order valence-corrected chi connectivity index (χ1v) is 10.3. The van der Waals surface area contributed by atoms with Crippen LogP contribution in [0.2, 0.25) is 0 Å². The minimum Gasteiger partial charge on any atom is -0.278 e. The molecule has 0 saturated carbocycles. The second kappa shape index (κ2) is 7.08. The van der Waals surface area contributed by atoms with Crippen LogP contribution in [0.25, 0.3) is 0 Å². The molecule has 5 rings (SSSR count). The minimum absolute atomic E-state index is 0.0987. The number of carbonyl (C=O) groups is 6. The molecule has 0 spiro atoms. The van der Waals surface area contributed by atoms with Gasteiger partial charge in [0.15, 0.2) is 0 Å². The van der Waals surface area contributed by atoms with Crippen LogP contribution in [0.15, 0.2) is 47.1 Å². The Bertz CT molecular complexity index is 1170. The number of nitrogens with zero attached hydrogens (tertiary/aromatic N) is 3. The van der Waals surface area contributed by atoms with Crippen LogP contribution in [0, 0.1) is 5.92 Å². The zero-order chi connectivity index (χ0) is 22.7. The maximum absolute atomic E-state index is 13.0. The van der Waals surface area contributed by atoms with Crippen LogP contribution in [0.3, 0.4) is 0 Å². The van der Waals surface area contributed by atoms with E-state index < -0.39 is 23.6 Å². The average Bonchev–Trinajstić information content (AvgIpc) is 3.28. The number of fused-ring (bicyclic) bond motifs is 1. The van der Waals surface area contributed by atoms with Crippen molar-refractivity contribution in [3.63, 3.8) is 0 Å². The molecule has 1 aromatic rings. The lowest BCUT2D eigenvalue weighted by Crippen LogP contribution is -2.36. The molecule has 0 saturated heterocycles. The molecule has 0 bridgehead atoms. The van der Waals surface area contributed by atoms with Gasteiger partial charge in [0.05, 0.1) is 17.7 Å². The van der Waals surface area contributed by atoms with Gasteiger partial charge in [-0.2, -0.15) is 0 Å². The lowest BCUT2D eigenvalue weighted by molar-refractivity contribution is -0.137. The quantitative estimate of drug-likeness (QED) is 0.646. The zero-order valence-corrected chi connectivity index (χ0v) is 17.3. The Morgan fingerprint density at radius 1 is 0.812 bits per heavy atom. The molecule has 162 valence electrons. The molecule has 4 aliphatic rings. The predicted octanol–water partition coefficient (Wildman–Crippen LogP) is 0.673. The monoisotopic (exact) mass is 433 g/mol. The van der Waals surface area contributed by atoms with Crippen LogP contribution in [-0.2, 0) is 19.2 Å². The number of benzene rings is 1. The molecule has 0 aromatic heterocycles. The van der Waals surface area contributed by atoms with E-state index in [-0.39, 0.29) is 42.8 Å². The number of imide groups is 3. The second-order valence-corrected chi connectivity index (χ2v) is 8.40. The van der Waals surface area contributed by atoms with E-state index in [0.717, 1.165) is 15.9 Å². The molecular weight excluding hydrogens is 414 g/mol. The maximum Gasteiger partial charge on any atom is 0.261 e. The molecule has 3 aliphatic heterocycles. The highest BCUT2D eigenvalue weighted by atomic mass is 16.2. The van der Waals surface area contributed by atoms with E-state index in [1.807, 2.05) is 0 Å². The van der Waals surface area contributed by atoms with Crippen molar-refractivity contribution in [2.45, 2.75) is 19.3 Å². The summed E-state index contributed by atoms with van der Waals surface area (Å²) in [6.07, 6.45) is 2.33. The van der Waals surface area contributed by atoms with E-state index in [1.54, 1.807) is 24.3 Å². The normalized spacial score (nSPS) is 23.0. The molecule has 9 nitrogen and oxygen atoms in total. The summed E-state index contributed by atoms with van der Waals surface area (Å²) in [6.45, 7) is -0.0732. The topological polar surface area (TPSA) is 112 Å². The summed E-state index contributed by atoms with van der Waals surface area (Å²) in [5.41, 5.74) is 1.63. The first-order valence-electron chi connectivity index (χ1n) is 10.3. The molecule has 0 radical (unpaired) electrons.